The number of aromatic nitrogens is 1. The van der Waals surface area contributed by atoms with Crippen molar-refractivity contribution in [1.29, 1.82) is 0 Å². The van der Waals surface area contributed by atoms with Crippen molar-refractivity contribution < 1.29 is 9.53 Å². The van der Waals surface area contributed by atoms with Gasteiger partial charge in [-0.15, -0.1) is 0 Å². The van der Waals surface area contributed by atoms with E-state index in [1.54, 1.807) is 11.9 Å². The lowest BCUT2D eigenvalue weighted by molar-refractivity contribution is 0.0496. The van der Waals surface area contributed by atoms with Gasteiger partial charge < -0.3 is 14.6 Å². The van der Waals surface area contributed by atoms with Crippen LogP contribution in [0.1, 0.15) is 23.2 Å². The molecule has 0 saturated carbocycles. The largest absolute Gasteiger partial charge is 0.381 e. The molecule has 1 amide bonds. The number of hydrogen-bond acceptors (Lipinski definition) is 3. The summed E-state index contributed by atoms with van der Waals surface area (Å²) in [4.78, 5) is 28.1. The summed E-state index contributed by atoms with van der Waals surface area (Å²) in [5, 5.41) is 0. The lowest BCUT2D eigenvalue weighted by atomic mass is 9.99. The van der Waals surface area contributed by atoms with Gasteiger partial charge in [-0.1, -0.05) is 0 Å². The predicted octanol–water partition coefficient (Wildman–Crippen LogP) is 0.874. The van der Waals surface area contributed by atoms with Crippen LogP contribution in [0.25, 0.3) is 0 Å². The van der Waals surface area contributed by atoms with Gasteiger partial charge in [-0.05, 0) is 18.8 Å². The molecule has 5 heteroatoms. The van der Waals surface area contributed by atoms with E-state index in [4.69, 9.17) is 4.74 Å². The number of nitrogens with one attached hydrogen (secondary N) is 1. The highest BCUT2D eigenvalue weighted by molar-refractivity contribution is 5.93. The molecule has 0 aliphatic carbocycles. The van der Waals surface area contributed by atoms with E-state index in [0.717, 1.165) is 26.1 Å². The molecule has 1 aliphatic heterocycles. The van der Waals surface area contributed by atoms with E-state index < -0.39 is 0 Å². The molecule has 0 aromatic carbocycles. The molecule has 1 aromatic rings. The van der Waals surface area contributed by atoms with Crippen molar-refractivity contribution in [2.45, 2.75) is 12.8 Å². The van der Waals surface area contributed by atoms with Gasteiger partial charge in [-0.3, -0.25) is 9.59 Å². The molecule has 98 valence electrons. The number of amides is 1. The maximum atomic E-state index is 12.1. The summed E-state index contributed by atoms with van der Waals surface area (Å²) in [6.45, 7) is 2.20. The third-order valence-electron chi connectivity index (χ3n) is 3.27. The Morgan fingerprint density at radius 3 is 2.89 bits per heavy atom. The highest BCUT2D eigenvalue weighted by Crippen LogP contribution is 2.16. The number of rotatable bonds is 3. The van der Waals surface area contributed by atoms with Crippen LogP contribution in [-0.4, -0.2) is 42.6 Å². The summed E-state index contributed by atoms with van der Waals surface area (Å²) >= 11 is 0. The summed E-state index contributed by atoms with van der Waals surface area (Å²) in [6.07, 6.45) is 4.94. The standard InChI is InChI=1S/C13H18N2O3/c1-15(9-10-3-6-18-7-4-10)13(17)11-8-14-5-2-12(11)16/h2,5,8,10H,3-4,6-7,9H2,1H3,(H,14,16). The highest BCUT2D eigenvalue weighted by Gasteiger charge is 2.20. The molecule has 0 unspecified atom stereocenters. The van der Waals surface area contributed by atoms with E-state index in [2.05, 4.69) is 4.98 Å². The summed E-state index contributed by atoms with van der Waals surface area (Å²) < 4.78 is 5.29. The third-order valence-corrected chi connectivity index (χ3v) is 3.27. The van der Waals surface area contributed by atoms with Gasteiger partial charge in [0.25, 0.3) is 5.91 Å². The average molecular weight is 250 g/mol. The Hall–Kier alpha value is -1.62. The van der Waals surface area contributed by atoms with Crippen LogP contribution in [0, 0.1) is 5.92 Å². The predicted molar refractivity (Wildman–Crippen MR) is 67.6 cm³/mol. The molecule has 1 aromatic heterocycles. The number of aromatic amines is 1. The molecule has 1 N–H and O–H groups in total. The number of carbonyl (C=O) groups is 1. The van der Waals surface area contributed by atoms with Crippen molar-refractivity contribution in [3.8, 4) is 0 Å². The first kappa shape index (κ1) is 12.8. The van der Waals surface area contributed by atoms with Crippen LogP contribution in [0.15, 0.2) is 23.3 Å². The number of ether oxygens (including phenoxy) is 1. The monoisotopic (exact) mass is 250 g/mol. The van der Waals surface area contributed by atoms with E-state index in [1.165, 1.54) is 18.5 Å². The van der Waals surface area contributed by atoms with Crippen molar-refractivity contribution in [1.82, 2.24) is 9.88 Å². The second kappa shape index (κ2) is 5.82. The van der Waals surface area contributed by atoms with E-state index in [0.29, 0.717) is 12.5 Å². The van der Waals surface area contributed by atoms with E-state index >= 15 is 0 Å². The zero-order valence-corrected chi connectivity index (χ0v) is 10.5. The Labute approximate surface area is 106 Å². The number of H-pyrrole nitrogens is 1. The Morgan fingerprint density at radius 2 is 2.22 bits per heavy atom. The summed E-state index contributed by atoms with van der Waals surface area (Å²) in [5.41, 5.74) is -0.0374. The summed E-state index contributed by atoms with van der Waals surface area (Å²) in [6, 6.07) is 1.37. The minimum absolute atomic E-state index is 0.201. The molecule has 0 radical (unpaired) electrons. The molecular weight excluding hydrogens is 232 g/mol. The lowest BCUT2D eigenvalue weighted by Crippen LogP contribution is -2.36. The Morgan fingerprint density at radius 1 is 1.50 bits per heavy atom. The second-order valence-electron chi connectivity index (χ2n) is 4.66. The van der Waals surface area contributed by atoms with Crippen molar-refractivity contribution in [3.63, 3.8) is 0 Å². The molecule has 1 fully saturated rings. The first-order valence-electron chi connectivity index (χ1n) is 6.19. The fourth-order valence-electron chi connectivity index (χ4n) is 2.19. The van der Waals surface area contributed by atoms with Gasteiger partial charge in [-0.25, -0.2) is 0 Å². The molecular formula is C13H18N2O3. The average Bonchev–Trinajstić information content (AvgIpc) is 2.39. The van der Waals surface area contributed by atoms with E-state index in [-0.39, 0.29) is 16.9 Å². The van der Waals surface area contributed by atoms with Crippen LogP contribution in [0.4, 0.5) is 0 Å². The first-order valence-corrected chi connectivity index (χ1v) is 6.19. The molecule has 2 heterocycles. The van der Waals surface area contributed by atoms with Crippen molar-refractivity contribution >= 4 is 5.91 Å². The van der Waals surface area contributed by atoms with Gasteiger partial charge in [-0.2, -0.15) is 0 Å². The maximum Gasteiger partial charge on any atom is 0.259 e. The summed E-state index contributed by atoms with van der Waals surface area (Å²) in [5.74, 6) is 0.249. The molecule has 0 spiro atoms. The van der Waals surface area contributed by atoms with Gasteiger partial charge >= 0.3 is 0 Å². The Kier molecular flexibility index (Phi) is 4.15. The summed E-state index contributed by atoms with van der Waals surface area (Å²) in [7, 11) is 1.74. The molecule has 1 saturated heterocycles. The number of hydrogen-bond donors (Lipinski definition) is 1. The zero-order valence-electron chi connectivity index (χ0n) is 10.5. The lowest BCUT2D eigenvalue weighted by Gasteiger charge is -2.27. The number of carbonyl (C=O) groups excluding carboxylic acids is 1. The van der Waals surface area contributed by atoms with Crippen LogP contribution < -0.4 is 5.43 Å². The molecule has 0 atom stereocenters. The fraction of sp³-hybridized carbons (Fsp3) is 0.538. The highest BCUT2D eigenvalue weighted by atomic mass is 16.5. The SMILES string of the molecule is CN(CC1CCOCC1)C(=O)c1c[nH]ccc1=O. The van der Waals surface area contributed by atoms with Crippen LogP contribution in [0.2, 0.25) is 0 Å². The van der Waals surface area contributed by atoms with Crippen molar-refractivity contribution in [2.24, 2.45) is 5.92 Å². The maximum absolute atomic E-state index is 12.1. The first-order chi connectivity index (χ1) is 8.68. The van der Waals surface area contributed by atoms with Crippen LogP contribution in [0.3, 0.4) is 0 Å². The van der Waals surface area contributed by atoms with Crippen LogP contribution in [0.5, 0.6) is 0 Å². The quantitative estimate of drug-likeness (QED) is 0.866. The third kappa shape index (κ3) is 2.98. The zero-order chi connectivity index (χ0) is 13.0. The number of pyridine rings is 1. The minimum Gasteiger partial charge on any atom is -0.381 e. The molecule has 5 nitrogen and oxygen atoms in total. The van der Waals surface area contributed by atoms with Crippen molar-refractivity contribution in [2.75, 3.05) is 26.8 Å². The van der Waals surface area contributed by atoms with Gasteiger partial charge in [0, 0.05) is 45.3 Å². The van der Waals surface area contributed by atoms with Gasteiger partial charge in [0.2, 0.25) is 0 Å². The topological polar surface area (TPSA) is 62.4 Å². The van der Waals surface area contributed by atoms with Gasteiger partial charge in [0.1, 0.15) is 5.56 Å². The van der Waals surface area contributed by atoms with E-state index in [9.17, 15) is 9.59 Å². The second-order valence-corrected chi connectivity index (χ2v) is 4.66. The normalized spacial score (nSPS) is 16.5. The number of nitrogens with zero attached hydrogens (tertiary/aromatic N) is 1. The fourth-order valence-corrected chi connectivity index (χ4v) is 2.19. The van der Waals surface area contributed by atoms with Gasteiger partial charge in [0.15, 0.2) is 5.43 Å². The molecule has 2 rings (SSSR count). The van der Waals surface area contributed by atoms with Crippen LogP contribution in [-0.2, 0) is 4.74 Å². The Bertz CT molecular complexity index is 463. The Balaban J connectivity index is 2.00. The molecule has 1 aliphatic rings. The van der Waals surface area contributed by atoms with E-state index in [1.807, 2.05) is 0 Å². The van der Waals surface area contributed by atoms with Crippen LogP contribution >= 0.6 is 0 Å². The minimum atomic E-state index is -0.238. The van der Waals surface area contributed by atoms with Crippen molar-refractivity contribution in [3.05, 3.63) is 34.2 Å². The molecule has 18 heavy (non-hydrogen) atoms. The molecule has 0 bridgehead atoms. The van der Waals surface area contributed by atoms with Gasteiger partial charge in [0.05, 0.1) is 0 Å². The smallest absolute Gasteiger partial charge is 0.259 e.